The molecule has 0 aliphatic heterocycles. The molecule has 0 bridgehead atoms. The fraction of sp³-hybridized carbons (Fsp3) is 0.261. The highest BCUT2D eigenvalue weighted by Gasteiger charge is 2.12. The number of fused-ring (bicyclic) bond motifs is 1. The molecule has 1 amide bonds. The van der Waals surface area contributed by atoms with E-state index in [-0.39, 0.29) is 11.7 Å². The Hall–Kier alpha value is -3.06. The maximum Gasteiger partial charge on any atom is 0.277 e. The van der Waals surface area contributed by atoms with Crippen molar-refractivity contribution < 1.29 is 9.21 Å². The summed E-state index contributed by atoms with van der Waals surface area (Å²) in [6.07, 6.45) is 4.63. The van der Waals surface area contributed by atoms with Crippen LogP contribution in [-0.2, 0) is 17.6 Å². The number of aromatic nitrogens is 3. The third-order valence-electron chi connectivity index (χ3n) is 5.17. The van der Waals surface area contributed by atoms with Gasteiger partial charge in [-0.05, 0) is 55.5 Å². The van der Waals surface area contributed by atoms with E-state index in [4.69, 9.17) is 4.42 Å². The molecule has 7 heteroatoms. The Balaban J connectivity index is 1.25. The third-order valence-corrected chi connectivity index (χ3v) is 5.98. The summed E-state index contributed by atoms with van der Waals surface area (Å²) in [5, 5.41) is 12.8. The monoisotopic (exact) mass is 420 g/mol. The van der Waals surface area contributed by atoms with E-state index in [0.717, 1.165) is 35.2 Å². The van der Waals surface area contributed by atoms with E-state index in [1.165, 1.54) is 22.7 Å². The second-order valence-electron chi connectivity index (χ2n) is 7.26. The predicted molar refractivity (Wildman–Crippen MR) is 120 cm³/mol. The SMILES string of the molecule is Cc1cccc(NC(=O)CSc2nnc(CCCc3c[nH]c4ccccc34)o2)c1C. The molecule has 2 heterocycles. The average Bonchev–Trinajstić information content (AvgIpc) is 3.37. The minimum absolute atomic E-state index is 0.0900. The fourth-order valence-corrected chi connectivity index (χ4v) is 3.95. The van der Waals surface area contributed by atoms with Gasteiger partial charge < -0.3 is 14.7 Å². The Bertz CT molecular complexity index is 1160. The maximum atomic E-state index is 12.2. The van der Waals surface area contributed by atoms with Crippen LogP contribution in [-0.4, -0.2) is 26.8 Å². The Kier molecular flexibility index (Phi) is 6.18. The van der Waals surface area contributed by atoms with E-state index in [2.05, 4.69) is 44.9 Å². The van der Waals surface area contributed by atoms with Crippen LogP contribution in [0.25, 0.3) is 10.9 Å². The number of aryl methyl sites for hydroxylation is 3. The van der Waals surface area contributed by atoms with Gasteiger partial charge in [-0.15, -0.1) is 10.2 Å². The molecule has 4 aromatic rings. The van der Waals surface area contributed by atoms with Crippen LogP contribution in [0, 0.1) is 13.8 Å². The summed E-state index contributed by atoms with van der Waals surface area (Å²) in [7, 11) is 0. The molecule has 0 fully saturated rings. The van der Waals surface area contributed by atoms with Gasteiger partial charge in [0, 0.05) is 29.2 Å². The van der Waals surface area contributed by atoms with E-state index in [1.807, 2.05) is 38.1 Å². The van der Waals surface area contributed by atoms with Crippen LogP contribution in [0.3, 0.4) is 0 Å². The smallest absolute Gasteiger partial charge is 0.277 e. The Morgan fingerprint density at radius 1 is 1.10 bits per heavy atom. The summed E-state index contributed by atoms with van der Waals surface area (Å²) in [5.41, 5.74) is 5.51. The number of aromatic amines is 1. The van der Waals surface area contributed by atoms with Crippen LogP contribution in [0.1, 0.15) is 29.0 Å². The summed E-state index contributed by atoms with van der Waals surface area (Å²) in [6, 6.07) is 14.2. The molecule has 2 aromatic carbocycles. The average molecular weight is 421 g/mol. The highest BCUT2D eigenvalue weighted by Crippen LogP contribution is 2.22. The first kappa shape index (κ1) is 20.2. The van der Waals surface area contributed by atoms with Gasteiger partial charge in [0.2, 0.25) is 11.8 Å². The van der Waals surface area contributed by atoms with E-state index in [1.54, 1.807) is 0 Å². The van der Waals surface area contributed by atoms with Gasteiger partial charge in [-0.2, -0.15) is 0 Å². The number of para-hydroxylation sites is 1. The van der Waals surface area contributed by atoms with Gasteiger partial charge in [0.1, 0.15) is 0 Å². The van der Waals surface area contributed by atoms with Crippen LogP contribution in [0.15, 0.2) is 58.3 Å². The lowest BCUT2D eigenvalue weighted by Crippen LogP contribution is -2.15. The number of rotatable bonds is 8. The molecule has 0 aliphatic rings. The van der Waals surface area contributed by atoms with Crippen LogP contribution >= 0.6 is 11.8 Å². The summed E-state index contributed by atoms with van der Waals surface area (Å²) >= 11 is 1.25. The molecule has 6 nitrogen and oxygen atoms in total. The number of H-pyrrole nitrogens is 1. The molecule has 0 unspecified atom stereocenters. The van der Waals surface area contributed by atoms with Crippen molar-refractivity contribution in [2.75, 3.05) is 11.1 Å². The van der Waals surface area contributed by atoms with E-state index in [9.17, 15) is 4.79 Å². The largest absolute Gasteiger partial charge is 0.416 e. The van der Waals surface area contributed by atoms with Crippen LogP contribution in [0.2, 0.25) is 0 Å². The highest BCUT2D eigenvalue weighted by molar-refractivity contribution is 7.99. The molecular formula is C23H24N4O2S. The lowest BCUT2D eigenvalue weighted by molar-refractivity contribution is -0.113. The molecule has 0 aliphatic carbocycles. The molecule has 2 aromatic heterocycles. The summed E-state index contributed by atoms with van der Waals surface area (Å²) in [4.78, 5) is 15.5. The van der Waals surface area contributed by atoms with E-state index in [0.29, 0.717) is 17.5 Å². The first-order valence-electron chi connectivity index (χ1n) is 9.96. The zero-order chi connectivity index (χ0) is 20.9. The molecule has 4 rings (SSSR count). The van der Waals surface area contributed by atoms with Crippen molar-refractivity contribution in [2.45, 2.75) is 38.3 Å². The molecule has 0 spiro atoms. The Morgan fingerprint density at radius 3 is 2.87 bits per heavy atom. The maximum absolute atomic E-state index is 12.2. The van der Waals surface area contributed by atoms with Gasteiger partial charge in [0.25, 0.3) is 5.22 Å². The van der Waals surface area contributed by atoms with Gasteiger partial charge in [0.05, 0.1) is 5.75 Å². The van der Waals surface area contributed by atoms with Crippen molar-refractivity contribution in [3.05, 3.63) is 71.2 Å². The zero-order valence-corrected chi connectivity index (χ0v) is 17.9. The highest BCUT2D eigenvalue weighted by atomic mass is 32.2. The summed E-state index contributed by atoms with van der Waals surface area (Å²) < 4.78 is 5.69. The standard InChI is InChI=1S/C23H24N4O2S/c1-15-7-5-11-19(16(15)2)25-21(28)14-30-23-27-26-22(29-23)12-6-8-17-13-24-20-10-4-3-9-18(17)20/h3-5,7,9-11,13,24H,6,8,12,14H2,1-2H3,(H,25,28). The number of nitrogens with one attached hydrogen (secondary N) is 2. The van der Waals surface area contributed by atoms with Crippen molar-refractivity contribution in [3.63, 3.8) is 0 Å². The second kappa shape index (κ2) is 9.17. The van der Waals surface area contributed by atoms with E-state index >= 15 is 0 Å². The minimum atomic E-state index is -0.0900. The topological polar surface area (TPSA) is 83.8 Å². The molecular weight excluding hydrogens is 396 g/mol. The van der Waals surface area contributed by atoms with E-state index < -0.39 is 0 Å². The molecule has 0 saturated carbocycles. The summed E-state index contributed by atoms with van der Waals surface area (Å²) in [6.45, 7) is 4.02. The van der Waals surface area contributed by atoms with Crippen molar-refractivity contribution in [2.24, 2.45) is 0 Å². The minimum Gasteiger partial charge on any atom is -0.416 e. The van der Waals surface area contributed by atoms with Crippen LogP contribution < -0.4 is 5.32 Å². The lowest BCUT2D eigenvalue weighted by atomic mass is 10.1. The van der Waals surface area contributed by atoms with Crippen molar-refractivity contribution >= 4 is 34.3 Å². The number of anilines is 1. The quantitative estimate of drug-likeness (QED) is 0.389. The van der Waals surface area contributed by atoms with Crippen molar-refractivity contribution in [1.29, 1.82) is 0 Å². The van der Waals surface area contributed by atoms with Crippen LogP contribution in [0.5, 0.6) is 0 Å². The predicted octanol–water partition coefficient (Wildman–Crippen LogP) is 5.07. The molecule has 0 radical (unpaired) electrons. The second-order valence-corrected chi connectivity index (χ2v) is 8.19. The van der Waals surface area contributed by atoms with Gasteiger partial charge >= 0.3 is 0 Å². The number of amides is 1. The number of carbonyl (C=O) groups is 1. The van der Waals surface area contributed by atoms with Gasteiger partial charge in [0.15, 0.2) is 0 Å². The molecule has 0 atom stereocenters. The van der Waals surface area contributed by atoms with Gasteiger partial charge in [-0.3, -0.25) is 4.79 Å². The fourth-order valence-electron chi connectivity index (χ4n) is 3.37. The third kappa shape index (κ3) is 4.74. The number of nitrogens with zero attached hydrogens (tertiary/aromatic N) is 2. The number of hydrogen-bond acceptors (Lipinski definition) is 5. The van der Waals surface area contributed by atoms with Crippen molar-refractivity contribution in [3.8, 4) is 0 Å². The summed E-state index contributed by atoms with van der Waals surface area (Å²) in [5.74, 6) is 0.740. The molecule has 30 heavy (non-hydrogen) atoms. The van der Waals surface area contributed by atoms with Crippen LogP contribution in [0.4, 0.5) is 5.69 Å². The molecule has 2 N–H and O–H groups in total. The molecule has 0 saturated heterocycles. The Morgan fingerprint density at radius 2 is 1.97 bits per heavy atom. The van der Waals surface area contributed by atoms with Gasteiger partial charge in [-0.25, -0.2) is 0 Å². The van der Waals surface area contributed by atoms with Crippen molar-refractivity contribution in [1.82, 2.24) is 15.2 Å². The first-order chi connectivity index (χ1) is 14.6. The number of carbonyl (C=O) groups excluding carboxylic acids is 1. The van der Waals surface area contributed by atoms with Gasteiger partial charge in [-0.1, -0.05) is 42.1 Å². The number of thioether (sulfide) groups is 1. The lowest BCUT2D eigenvalue weighted by Gasteiger charge is -2.09. The zero-order valence-electron chi connectivity index (χ0n) is 17.1. The Labute approximate surface area is 179 Å². The molecule has 154 valence electrons. The normalized spacial score (nSPS) is 11.1. The first-order valence-corrected chi connectivity index (χ1v) is 10.9. The number of benzene rings is 2. The number of hydrogen-bond donors (Lipinski definition) is 2.